The standard InChI is InChI=1S/C15H18N2O3.2C2H6/c1-3-4-10-9(2)15(7-8-15)14(20)17(10)11-5-6-12(18)16-13(11)19;2*1-2/h3-4,11H,5-8H2,1-2H3,(H,16,18,19);2*1-2H3/b4-3-;;. The van der Waals surface area contributed by atoms with Crippen molar-refractivity contribution < 1.29 is 14.4 Å². The third-order valence-electron chi connectivity index (χ3n) is 4.59. The number of allylic oxidation sites excluding steroid dienone is 2. The molecule has 1 unspecified atom stereocenters. The first kappa shape index (κ1) is 20.1. The second kappa shape index (κ2) is 8.27. The minimum absolute atomic E-state index is 0.0256. The van der Waals surface area contributed by atoms with Crippen LogP contribution in [-0.4, -0.2) is 28.7 Å². The van der Waals surface area contributed by atoms with E-state index in [4.69, 9.17) is 0 Å². The molecule has 1 saturated heterocycles. The Morgan fingerprint density at radius 1 is 1.12 bits per heavy atom. The number of hydrogen-bond donors (Lipinski definition) is 1. The van der Waals surface area contributed by atoms with E-state index in [-0.39, 0.29) is 29.6 Å². The number of nitrogens with one attached hydrogen (secondary N) is 1. The van der Waals surface area contributed by atoms with Gasteiger partial charge in [-0.25, -0.2) is 0 Å². The van der Waals surface area contributed by atoms with Gasteiger partial charge in [-0.2, -0.15) is 0 Å². The van der Waals surface area contributed by atoms with Gasteiger partial charge in [0.1, 0.15) is 6.04 Å². The largest absolute Gasteiger partial charge is 0.299 e. The number of piperidine rings is 1. The third-order valence-corrected chi connectivity index (χ3v) is 4.59. The molecule has 3 rings (SSSR count). The van der Waals surface area contributed by atoms with Gasteiger partial charge in [-0.3, -0.25) is 24.6 Å². The number of amides is 3. The topological polar surface area (TPSA) is 66.5 Å². The number of carbonyl (C=O) groups excluding carboxylic acids is 3. The Hall–Kier alpha value is -1.91. The first-order chi connectivity index (χ1) is 11.5. The van der Waals surface area contributed by atoms with Crippen LogP contribution in [0.4, 0.5) is 0 Å². The van der Waals surface area contributed by atoms with E-state index in [1.165, 1.54) is 0 Å². The van der Waals surface area contributed by atoms with Gasteiger partial charge in [0.15, 0.2) is 0 Å². The molecule has 5 nitrogen and oxygen atoms in total. The summed E-state index contributed by atoms with van der Waals surface area (Å²) in [6.45, 7) is 11.9. The summed E-state index contributed by atoms with van der Waals surface area (Å²) in [6.07, 6.45) is 6.19. The number of carbonyl (C=O) groups is 3. The predicted octanol–water partition coefficient (Wildman–Crippen LogP) is 3.32. The first-order valence-corrected chi connectivity index (χ1v) is 9.02. The van der Waals surface area contributed by atoms with E-state index in [0.29, 0.717) is 6.42 Å². The van der Waals surface area contributed by atoms with Crippen LogP contribution in [0.1, 0.15) is 67.2 Å². The molecular formula is C19H30N2O3. The molecule has 2 heterocycles. The van der Waals surface area contributed by atoms with Crippen molar-refractivity contribution in [1.82, 2.24) is 10.2 Å². The van der Waals surface area contributed by atoms with Gasteiger partial charge in [0, 0.05) is 12.1 Å². The van der Waals surface area contributed by atoms with Gasteiger partial charge in [0.25, 0.3) is 0 Å². The molecule has 24 heavy (non-hydrogen) atoms. The van der Waals surface area contributed by atoms with Crippen molar-refractivity contribution in [2.75, 3.05) is 0 Å². The molecule has 0 bridgehead atoms. The molecule has 0 radical (unpaired) electrons. The fourth-order valence-electron chi connectivity index (χ4n) is 3.24. The second-order valence-corrected chi connectivity index (χ2v) is 5.73. The molecule has 1 N–H and O–H groups in total. The van der Waals surface area contributed by atoms with Crippen LogP contribution >= 0.6 is 0 Å². The zero-order chi connectivity index (χ0) is 18.5. The lowest BCUT2D eigenvalue weighted by Crippen LogP contribution is -2.53. The normalized spacial score (nSPS) is 24.5. The third kappa shape index (κ3) is 3.30. The van der Waals surface area contributed by atoms with Crippen LogP contribution in [0, 0.1) is 5.41 Å². The summed E-state index contributed by atoms with van der Waals surface area (Å²) in [6, 6.07) is -0.554. The first-order valence-electron chi connectivity index (χ1n) is 9.02. The van der Waals surface area contributed by atoms with Gasteiger partial charge in [0.05, 0.1) is 5.41 Å². The van der Waals surface area contributed by atoms with Gasteiger partial charge >= 0.3 is 0 Å². The highest BCUT2D eigenvalue weighted by molar-refractivity contribution is 6.04. The molecule has 1 saturated carbocycles. The van der Waals surface area contributed by atoms with Crippen molar-refractivity contribution in [1.29, 1.82) is 0 Å². The van der Waals surface area contributed by atoms with E-state index in [0.717, 1.165) is 24.1 Å². The maximum absolute atomic E-state index is 12.7. The SMILES string of the molecule is C/C=C\C1=C(C)C2(CC2)C(=O)N1C1CCC(=O)NC1=O.CC.CC. The Kier molecular flexibility index (Phi) is 6.93. The van der Waals surface area contributed by atoms with Crippen LogP contribution in [0.25, 0.3) is 0 Å². The molecule has 0 aromatic heterocycles. The molecule has 0 aromatic rings. The molecule has 1 aliphatic carbocycles. The van der Waals surface area contributed by atoms with Gasteiger partial charge in [-0.15, -0.1) is 0 Å². The van der Waals surface area contributed by atoms with E-state index >= 15 is 0 Å². The Labute approximate surface area is 145 Å². The van der Waals surface area contributed by atoms with Crippen molar-refractivity contribution in [3.8, 4) is 0 Å². The van der Waals surface area contributed by atoms with Gasteiger partial charge in [-0.1, -0.05) is 33.8 Å². The average Bonchev–Trinajstić information content (AvgIpc) is 3.37. The Bertz CT molecular complexity index is 571. The molecule has 2 fully saturated rings. The summed E-state index contributed by atoms with van der Waals surface area (Å²) in [5, 5.41) is 2.33. The highest BCUT2D eigenvalue weighted by Gasteiger charge is 2.60. The maximum Gasteiger partial charge on any atom is 0.249 e. The summed E-state index contributed by atoms with van der Waals surface area (Å²) in [5.41, 5.74) is 1.53. The Balaban J connectivity index is 0.000000671. The number of nitrogens with zero attached hydrogens (tertiary/aromatic N) is 1. The van der Waals surface area contributed by atoms with Crippen LogP contribution in [0.2, 0.25) is 0 Å². The van der Waals surface area contributed by atoms with Crippen LogP contribution in [0.5, 0.6) is 0 Å². The number of rotatable bonds is 2. The summed E-state index contributed by atoms with van der Waals surface area (Å²) in [4.78, 5) is 37.6. The molecule has 5 heteroatoms. The zero-order valence-corrected chi connectivity index (χ0v) is 15.7. The number of imide groups is 1. The molecular weight excluding hydrogens is 304 g/mol. The van der Waals surface area contributed by atoms with Crippen LogP contribution in [-0.2, 0) is 14.4 Å². The predicted molar refractivity (Wildman–Crippen MR) is 94.9 cm³/mol. The van der Waals surface area contributed by atoms with Crippen LogP contribution in [0.15, 0.2) is 23.4 Å². The fraction of sp³-hybridized carbons (Fsp3) is 0.632. The average molecular weight is 334 g/mol. The Morgan fingerprint density at radius 3 is 2.17 bits per heavy atom. The van der Waals surface area contributed by atoms with E-state index in [2.05, 4.69) is 5.32 Å². The summed E-state index contributed by atoms with van der Waals surface area (Å²) >= 11 is 0. The van der Waals surface area contributed by atoms with E-state index in [9.17, 15) is 14.4 Å². The van der Waals surface area contributed by atoms with Crippen molar-refractivity contribution in [3.63, 3.8) is 0 Å². The van der Waals surface area contributed by atoms with E-state index in [1.807, 2.05) is 53.7 Å². The lowest BCUT2D eigenvalue weighted by molar-refractivity contribution is -0.144. The fourth-order valence-corrected chi connectivity index (χ4v) is 3.24. The summed E-state index contributed by atoms with van der Waals surface area (Å²) < 4.78 is 0. The lowest BCUT2D eigenvalue weighted by Gasteiger charge is -2.31. The minimum Gasteiger partial charge on any atom is -0.299 e. The summed E-state index contributed by atoms with van der Waals surface area (Å²) in [5.74, 6) is -0.591. The lowest BCUT2D eigenvalue weighted by atomic mass is 9.98. The van der Waals surface area contributed by atoms with Crippen molar-refractivity contribution in [2.45, 2.75) is 73.3 Å². The molecule has 1 atom stereocenters. The monoisotopic (exact) mass is 334 g/mol. The quantitative estimate of drug-likeness (QED) is 0.788. The van der Waals surface area contributed by atoms with Crippen molar-refractivity contribution >= 4 is 17.7 Å². The second-order valence-electron chi connectivity index (χ2n) is 5.73. The van der Waals surface area contributed by atoms with E-state index in [1.54, 1.807) is 4.90 Å². The van der Waals surface area contributed by atoms with Crippen LogP contribution < -0.4 is 5.32 Å². The van der Waals surface area contributed by atoms with Gasteiger partial charge < -0.3 is 0 Å². The molecule has 2 aliphatic heterocycles. The Morgan fingerprint density at radius 2 is 1.71 bits per heavy atom. The highest BCUT2D eigenvalue weighted by atomic mass is 16.2. The smallest absolute Gasteiger partial charge is 0.249 e. The zero-order valence-electron chi connectivity index (χ0n) is 15.7. The molecule has 3 aliphatic rings. The minimum atomic E-state index is -0.554. The number of hydrogen-bond acceptors (Lipinski definition) is 3. The van der Waals surface area contributed by atoms with E-state index < -0.39 is 6.04 Å². The molecule has 1 spiro atoms. The maximum atomic E-state index is 12.7. The molecule has 134 valence electrons. The highest BCUT2D eigenvalue weighted by Crippen LogP contribution is 2.59. The van der Waals surface area contributed by atoms with Crippen molar-refractivity contribution in [3.05, 3.63) is 23.4 Å². The van der Waals surface area contributed by atoms with Crippen molar-refractivity contribution in [2.24, 2.45) is 5.41 Å². The molecule has 3 amide bonds. The van der Waals surface area contributed by atoms with Crippen LogP contribution in [0.3, 0.4) is 0 Å². The van der Waals surface area contributed by atoms with Gasteiger partial charge in [0.2, 0.25) is 17.7 Å². The van der Waals surface area contributed by atoms with Gasteiger partial charge in [-0.05, 0) is 44.8 Å². The summed E-state index contributed by atoms with van der Waals surface area (Å²) in [7, 11) is 0. The molecule has 0 aromatic carbocycles.